The van der Waals surface area contributed by atoms with Crippen molar-refractivity contribution in [2.24, 2.45) is 0 Å². The molecule has 4 nitrogen and oxygen atoms in total. The molecule has 11 rings (SSSR count). The molecule has 278 valence electrons. The van der Waals surface area contributed by atoms with E-state index in [0.29, 0.717) is 0 Å². The summed E-state index contributed by atoms with van der Waals surface area (Å²) >= 11 is 0. The topological polar surface area (TPSA) is 48.1 Å². The second-order valence-electron chi connectivity index (χ2n) is 15.5. The highest BCUT2D eigenvalue weighted by Crippen LogP contribution is 2.37. The van der Waals surface area contributed by atoms with E-state index in [9.17, 15) is 0 Å². The Morgan fingerprint density at radius 3 is 1.26 bits per heavy atom. The molecular weight excluding hydrogens is 705 g/mol. The van der Waals surface area contributed by atoms with Crippen LogP contribution < -0.4 is 21.3 Å². The molecule has 4 heteroatoms. The van der Waals surface area contributed by atoms with Crippen LogP contribution in [0.3, 0.4) is 0 Å². The Balaban J connectivity index is 0.922. The maximum absolute atomic E-state index is 3.96. The van der Waals surface area contributed by atoms with Gasteiger partial charge in [-0.15, -0.1) is 0 Å². The Labute approximate surface area is 339 Å². The van der Waals surface area contributed by atoms with Crippen LogP contribution in [0, 0.1) is 0 Å². The number of fused-ring (bicyclic) bond motifs is 4. The van der Waals surface area contributed by atoms with Gasteiger partial charge in [-0.1, -0.05) is 176 Å². The lowest BCUT2D eigenvalue weighted by atomic mass is 9.89. The SMILES string of the molecule is C1=CC2=C(c3cccc(C4=C5C=CC=CC5NC(c5cccc(-c6ccc7ccccc7c6)c5)N4)c3)NC(c3cccc(-c4ccc5ccccc5c4)c3)NC2C=C1. The molecule has 7 aromatic rings. The van der Waals surface area contributed by atoms with Gasteiger partial charge in [0.05, 0.1) is 12.1 Å². The predicted molar refractivity (Wildman–Crippen MR) is 241 cm³/mol. The first kappa shape index (κ1) is 34.3. The third-order valence-corrected chi connectivity index (χ3v) is 11.9. The molecule has 4 unspecified atom stereocenters. The molecule has 58 heavy (non-hydrogen) atoms. The minimum atomic E-state index is -0.0851. The normalized spacial score (nSPS) is 20.8. The summed E-state index contributed by atoms with van der Waals surface area (Å²) in [7, 11) is 0. The van der Waals surface area contributed by atoms with E-state index in [1.807, 2.05) is 0 Å². The van der Waals surface area contributed by atoms with Gasteiger partial charge in [0.2, 0.25) is 0 Å². The summed E-state index contributed by atoms with van der Waals surface area (Å²) in [6.45, 7) is 0. The average molecular weight is 747 g/mol. The van der Waals surface area contributed by atoms with Crippen molar-refractivity contribution in [3.8, 4) is 22.3 Å². The molecule has 0 fully saturated rings. The second kappa shape index (κ2) is 14.5. The first-order valence-electron chi connectivity index (χ1n) is 20.2. The fraction of sp³-hybridized carbons (Fsp3) is 0.0741. The van der Waals surface area contributed by atoms with Gasteiger partial charge in [-0.25, -0.2) is 0 Å². The van der Waals surface area contributed by atoms with Crippen LogP contribution in [-0.2, 0) is 0 Å². The van der Waals surface area contributed by atoms with Crippen molar-refractivity contribution in [1.29, 1.82) is 0 Å². The number of nitrogens with one attached hydrogen (secondary N) is 4. The third kappa shape index (κ3) is 6.39. The van der Waals surface area contributed by atoms with Crippen molar-refractivity contribution < 1.29 is 0 Å². The van der Waals surface area contributed by atoms with Crippen LogP contribution in [0.5, 0.6) is 0 Å². The van der Waals surface area contributed by atoms with Gasteiger partial charge in [0.25, 0.3) is 0 Å². The van der Waals surface area contributed by atoms with Crippen LogP contribution in [-0.4, -0.2) is 12.1 Å². The van der Waals surface area contributed by atoms with Gasteiger partial charge in [-0.3, -0.25) is 10.6 Å². The fourth-order valence-electron chi connectivity index (χ4n) is 8.97. The Hall–Kier alpha value is -6.98. The van der Waals surface area contributed by atoms with Crippen molar-refractivity contribution in [1.82, 2.24) is 21.3 Å². The minimum Gasteiger partial charge on any atom is -0.365 e. The number of hydrogen-bond donors (Lipinski definition) is 4. The van der Waals surface area contributed by atoms with Gasteiger partial charge >= 0.3 is 0 Å². The van der Waals surface area contributed by atoms with E-state index < -0.39 is 0 Å². The van der Waals surface area contributed by atoms with E-state index in [0.717, 1.165) is 22.5 Å². The van der Waals surface area contributed by atoms with Crippen LogP contribution in [0.25, 0.3) is 55.2 Å². The molecule has 4 aliphatic rings. The quantitative estimate of drug-likeness (QED) is 0.137. The van der Waals surface area contributed by atoms with E-state index in [4.69, 9.17) is 0 Å². The first-order valence-corrected chi connectivity index (χ1v) is 20.2. The van der Waals surface area contributed by atoms with E-state index in [2.05, 4.69) is 228 Å². The highest BCUT2D eigenvalue weighted by atomic mass is 15.2. The van der Waals surface area contributed by atoms with E-state index in [1.54, 1.807) is 0 Å². The Bertz CT molecular complexity index is 2750. The van der Waals surface area contributed by atoms with E-state index in [-0.39, 0.29) is 24.4 Å². The average Bonchev–Trinajstić information content (AvgIpc) is 3.30. The molecule has 4 atom stereocenters. The zero-order valence-electron chi connectivity index (χ0n) is 31.9. The smallest absolute Gasteiger partial charge is 0.104 e. The van der Waals surface area contributed by atoms with Crippen molar-refractivity contribution >= 4 is 32.9 Å². The molecule has 4 N–H and O–H groups in total. The van der Waals surface area contributed by atoms with Crippen LogP contribution >= 0.6 is 0 Å². The summed E-state index contributed by atoms with van der Waals surface area (Å²) in [5, 5.41) is 20.7. The van der Waals surface area contributed by atoms with Crippen LogP contribution in [0.2, 0.25) is 0 Å². The lowest BCUT2D eigenvalue weighted by Crippen LogP contribution is -2.46. The van der Waals surface area contributed by atoms with Crippen LogP contribution in [0.1, 0.15) is 34.6 Å². The number of hydrogen-bond acceptors (Lipinski definition) is 4. The minimum absolute atomic E-state index is 0.0771. The molecule has 0 spiro atoms. The van der Waals surface area contributed by atoms with Gasteiger partial charge in [0.15, 0.2) is 0 Å². The van der Waals surface area contributed by atoms with Gasteiger partial charge in [0.1, 0.15) is 12.3 Å². The zero-order valence-corrected chi connectivity index (χ0v) is 31.9. The highest BCUT2D eigenvalue weighted by Gasteiger charge is 2.31. The maximum Gasteiger partial charge on any atom is 0.104 e. The molecule has 0 saturated heterocycles. The summed E-state index contributed by atoms with van der Waals surface area (Å²) in [4.78, 5) is 0. The number of benzene rings is 7. The second-order valence-corrected chi connectivity index (χ2v) is 15.5. The maximum atomic E-state index is 3.96. The fourth-order valence-corrected chi connectivity index (χ4v) is 8.97. The molecule has 2 aliphatic carbocycles. The third-order valence-electron chi connectivity index (χ3n) is 11.9. The van der Waals surface area contributed by atoms with Crippen molar-refractivity contribution in [3.63, 3.8) is 0 Å². The lowest BCUT2D eigenvalue weighted by molar-refractivity contribution is 0.459. The largest absolute Gasteiger partial charge is 0.365 e. The van der Waals surface area contributed by atoms with Crippen molar-refractivity contribution in [2.45, 2.75) is 24.4 Å². The summed E-state index contributed by atoms with van der Waals surface area (Å²) in [5.74, 6) is 0. The molecule has 7 aromatic carbocycles. The van der Waals surface area contributed by atoms with E-state index >= 15 is 0 Å². The Kier molecular flexibility index (Phi) is 8.58. The van der Waals surface area contributed by atoms with E-state index in [1.165, 1.54) is 66.1 Å². The standard InChI is InChI=1S/C54H42N4/c1-3-14-37-30-41(28-26-35(37)12-1)39-16-9-20-45(32-39)53-55-49-24-7-5-22-47(49)51(57-53)43-18-11-19-44(34-43)52-48-23-6-8-25-50(48)56-54(58-52)46-21-10-17-40(33-46)42-29-27-36-13-2-4-15-38(36)31-42/h1-34,49-50,53-58H. The molecule has 0 radical (unpaired) electrons. The molecule has 0 amide bonds. The van der Waals surface area contributed by atoms with Crippen molar-refractivity contribution in [2.75, 3.05) is 0 Å². The molecular formula is C54H42N4. The summed E-state index contributed by atoms with van der Waals surface area (Å²) in [6.07, 6.45) is 17.4. The predicted octanol–water partition coefficient (Wildman–Crippen LogP) is 11.5. The molecule has 0 aromatic heterocycles. The van der Waals surface area contributed by atoms with Gasteiger partial charge in [-0.2, -0.15) is 0 Å². The van der Waals surface area contributed by atoms with Crippen LogP contribution in [0.4, 0.5) is 0 Å². The van der Waals surface area contributed by atoms with Gasteiger partial charge in [0, 0.05) is 11.4 Å². The first-order chi connectivity index (χ1) is 28.7. The Morgan fingerprint density at radius 2 is 0.759 bits per heavy atom. The lowest BCUT2D eigenvalue weighted by Gasteiger charge is -2.37. The molecule has 0 bridgehead atoms. The molecule has 2 aliphatic heterocycles. The summed E-state index contributed by atoms with van der Waals surface area (Å²) < 4.78 is 0. The van der Waals surface area contributed by atoms with Crippen LogP contribution in [0.15, 0.2) is 217 Å². The number of allylic oxidation sites excluding steroid dienone is 4. The van der Waals surface area contributed by atoms with Crippen molar-refractivity contribution in [3.05, 3.63) is 240 Å². The number of rotatable bonds is 6. The monoisotopic (exact) mass is 746 g/mol. The molecule has 0 saturated carbocycles. The zero-order chi connectivity index (χ0) is 38.4. The summed E-state index contributed by atoms with van der Waals surface area (Å²) in [5.41, 5.74) is 14.3. The van der Waals surface area contributed by atoms with Gasteiger partial charge < -0.3 is 10.6 Å². The van der Waals surface area contributed by atoms with Gasteiger partial charge in [-0.05, 0) is 108 Å². The summed E-state index contributed by atoms with van der Waals surface area (Å²) in [6, 6.07) is 57.6. The Morgan fingerprint density at radius 1 is 0.328 bits per heavy atom. The molecule has 2 heterocycles. The highest BCUT2D eigenvalue weighted by molar-refractivity contribution is 5.88.